The van der Waals surface area contributed by atoms with Gasteiger partial charge in [0.25, 0.3) is 0 Å². The number of nitrogens with one attached hydrogen (secondary N) is 1. The highest BCUT2D eigenvalue weighted by Gasteiger charge is 2.18. The Hall–Kier alpha value is -4.78. The van der Waals surface area contributed by atoms with Crippen molar-refractivity contribution in [2.45, 2.75) is 59.4 Å². The lowest BCUT2D eigenvalue weighted by Gasteiger charge is -2.19. The number of hydrogen-bond donors (Lipinski definition) is 2. The molecule has 0 fully saturated rings. The molecule has 3 N–H and O–H groups in total. The zero-order valence-electron chi connectivity index (χ0n) is 25.2. The van der Waals surface area contributed by atoms with Crippen LogP contribution in [0.25, 0.3) is 38.5 Å². The first-order valence-corrected chi connectivity index (χ1v) is 14.2. The molecule has 0 atom stereocenters. The lowest BCUT2D eigenvalue weighted by Crippen LogP contribution is -2.11. The normalized spacial score (nSPS) is 12.6. The number of fused-ring (bicyclic) bond motifs is 2. The Morgan fingerprint density at radius 2 is 1.83 bits per heavy atom. The summed E-state index contributed by atoms with van der Waals surface area (Å²) in [6.45, 7) is 16.9. The van der Waals surface area contributed by atoms with E-state index in [0.717, 1.165) is 55.6 Å². The Morgan fingerprint density at radius 1 is 1.02 bits per heavy atom. The molecule has 0 aliphatic carbocycles. The third-order valence-electron chi connectivity index (χ3n) is 7.54. The molecular formula is C35H38N6O. The first-order valence-electron chi connectivity index (χ1n) is 14.2. The van der Waals surface area contributed by atoms with Gasteiger partial charge in [-0.25, -0.2) is 9.97 Å². The lowest BCUT2D eigenvalue weighted by atomic mass is 9.86. The van der Waals surface area contributed by atoms with E-state index in [1.807, 2.05) is 12.2 Å². The maximum absolute atomic E-state index is 6.49. The van der Waals surface area contributed by atoms with Gasteiger partial charge in [-0.2, -0.15) is 0 Å². The molecule has 214 valence electrons. The smallest absolute Gasteiger partial charge is 0.134 e. The van der Waals surface area contributed by atoms with Crippen molar-refractivity contribution in [2.24, 2.45) is 4.99 Å². The second-order valence-electron chi connectivity index (χ2n) is 12.0. The van der Waals surface area contributed by atoms with Crippen LogP contribution in [0.1, 0.15) is 69.8 Å². The zero-order valence-corrected chi connectivity index (χ0v) is 25.2. The molecule has 0 aliphatic rings. The third-order valence-corrected chi connectivity index (χ3v) is 7.54. The first kappa shape index (κ1) is 28.7. The predicted octanol–water partition coefficient (Wildman–Crippen LogP) is 8.67. The van der Waals surface area contributed by atoms with Crippen LogP contribution in [0.2, 0.25) is 0 Å². The first-order chi connectivity index (χ1) is 20.0. The number of anilines is 2. The average molecular weight is 559 g/mol. The maximum Gasteiger partial charge on any atom is 0.134 e. The second-order valence-corrected chi connectivity index (χ2v) is 12.0. The number of hydrogen-bond acceptors (Lipinski definition) is 7. The van der Waals surface area contributed by atoms with Gasteiger partial charge in [0.2, 0.25) is 0 Å². The number of nitrogens with two attached hydrogens (primary N) is 1. The summed E-state index contributed by atoms with van der Waals surface area (Å²) in [5, 5.41) is 9.92. The van der Waals surface area contributed by atoms with Crippen LogP contribution >= 0.6 is 0 Å². The van der Waals surface area contributed by atoms with Crippen LogP contribution in [-0.2, 0) is 12.0 Å². The number of allylic oxidation sites excluding steroid dienone is 3. The summed E-state index contributed by atoms with van der Waals surface area (Å²) in [7, 11) is 0. The molecule has 0 radical (unpaired) electrons. The highest BCUT2D eigenvalue weighted by molar-refractivity contribution is 5.90. The maximum atomic E-state index is 6.49. The van der Waals surface area contributed by atoms with Crippen molar-refractivity contribution in [2.75, 3.05) is 11.1 Å². The van der Waals surface area contributed by atoms with E-state index in [1.165, 1.54) is 11.1 Å². The minimum atomic E-state index is 0.0232. The molecule has 0 bridgehead atoms. The van der Waals surface area contributed by atoms with Crippen molar-refractivity contribution in [3.63, 3.8) is 0 Å². The molecule has 3 heterocycles. The molecule has 0 spiro atoms. The van der Waals surface area contributed by atoms with Gasteiger partial charge in [0, 0.05) is 28.1 Å². The molecule has 0 amide bonds. The predicted molar refractivity (Wildman–Crippen MR) is 176 cm³/mol. The summed E-state index contributed by atoms with van der Waals surface area (Å²) in [5.41, 5.74) is 15.1. The van der Waals surface area contributed by atoms with E-state index < -0.39 is 0 Å². The monoisotopic (exact) mass is 558 g/mol. The zero-order chi connectivity index (χ0) is 30.0. The van der Waals surface area contributed by atoms with E-state index in [-0.39, 0.29) is 5.41 Å². The Kier molecular flexibility index (Phi) is 7.94. The van der Waals surface area contributed by atoms with Crippen molar-refractivity contribution in [3.05, 3.63) is 95.5 Å². The summed E-state index contributed by atoms with van der Waals surface area (Å²) >= 11 is 0. The fourth-order valence-corrected chi connectivity index (χ4v) is 4.97. The van der Waals surface area contributed by atoms with Crippen molar-refractivity contribution in [1.82, 2.24) is 15.1 Å². The van der Waals surface area contributed by atoms with Crippen LogP contribution in [0.5, 0.6) is 0 Å². The molecule has 0 saturated heterocycles. The SMILES string of the molecule is C=N/C=C\C=C(/C)c1cc2cc(C(C)C)ccc2nc1NCc1nocc1-c1cc2ccc(C(C)(C)C)cc2nc1N. The van der Waals surface area contributed by atoms with Crippen molar-refractivity contribution >= 4 is 45.7 Å². The van der Waals surface area contributed by atoms with Crippen molar-refractivity contribution < 1.29 is 4.52 Å². The van der Waals surface area contributed by atoms with Crippen LogP contribution in [0.4, 0.5) is 11.6 Å². The van der Waals surface area contributed by atoms with Gasteiger partial charge in [-0.05, 0) is 78.1 Å². The van der Waals surface area contributed by atoms with Gasteiger partial charge in [-0.15, -0.1) is 0 Å². The number of rotatable bonds is 8. The Bertz CT molecular complexity index is 1840. The number of nitrogens with zero attached hydrogens (tertiary/aromatic N) is 4. The van der Waals surface area contributed by atoms with Crippen molar-refractivity contribution in [1.29, 1.82) is 0 Å². The van der Waals surface area contributed by atoms with Gasteiger partial charge in [-0.1, -0.05) is 64.1 Å². The molecule has 7 nitrogen and oxygen atoms in total. The van der Waals surface area contributed by atoms with E-state index >= 15 is 0 Å². The average Bonchev–Trinajstić information content (AvgIpc) is 3.42. The molecule has 5 aromatic rings. The number of aromatic nitrogens is 3. The van der Waals surface area contributed by atoms with Crippen LogP contribution in [0, 0.1) is 0 Å². The summed E-state index contributed by atoms with van der Waals surface area (Å²) in [6, 6.07) is 17.0. The standard InChI is InChI=1S/C35H38N6O/c1-21(2)23-11-13-30-25(15-23)17-27(22(3)9-8-14-37-7)34(40-30)38-19-32-29(20-42-41-32)28-16-24-10-12-26(35(4,5)6)18-31(24)39-33(28)36/h8-18,20-21H,7,19H2,1-6H3,(H2,36,39)(H,38,40)/b14-8-,22-9+. The third kappa shape index (κ3) is 5.96. The summed E-state index contributed by atoms with van der Waals surface area (Å²) in [4.78, 5) is 13.6. The molecule has 0 aliphatic heterocycles. The quantitative estimate of drug-likeness (QED) is 0.146. The second kappa shape index (κ2) is 11.6. The highest BCUT2D eigenvalue weighted by atomic mass is 16.5. The molecule has 7 heteroatoms. The highest BCUT2D eigenvalue weighted by Crippen LogP contribution is 2.34. The fraction of sp³-hybridized carbons (Fsp3) is 0.257. The molecule has 3 aromatic heterocycles. The molecule has 5 rings (SSSR count). The van der Waals surface area contributed by atoms with Gasteiger partial charge < -0.3 is 15.6 Å². The van der Waals surface area contributed by atoms with Gasteiger partial charge in [0.05, 0.1) is 23.1 Å². The van der Waals surface area contributed by atoms with Gasteiger partial charge >= 0.3 is 0 Å². The van der Waals surface area contributed by atoms with Crippen LogP contribution in [0.3, 0.4) is 0 Å². The van der Waals surface area contributed by atoms with Crippen LogP contribution in [0.15, 0.2) is 82.7 Å². The molecule has 2 aromatic carbocycles. The van der Waals surface area contributed by atoms with E-state index in [4.69, 9.17) is 20.2 Å². The topological polar surface area (TPSA) is 102 Å². The minimum absolute atomic E-state index is 0.0232. The Labute approximate surface area is 247 Å². The number of benzene rings is 2. The number of aliphatic imine (C=N–C) groups is 1. The largest absolute Gasteiger partial charge is 0.383 e. The van der Waals surface area contributed by atoms with Gasteiger partial charge in [-0.3, -0.25) is 4.99 Å². The fourth-order valence-electron chi connectivity index (χ4n) is 4.97. The Morgan fingerprint density at radius 3 is 2.57 bits per heavy atom. The van der Waals surface area contributed by atoms with Gasteiger partial charge in [0.1, 0.15) is 23.6 Å². The van der Waals surface area contributed by atoms with Gasteiger partial charge in [0.15, 0.2) is 0 Å². The summed E-state index contributed by atoms with van der Waals surface area (Å²) in [6.07, 6.45) is 7.16. The van der Waals surface area contributed by atoms with E-state index in [0.29, 0.717) is 18.3 Å². The van der Waals surface area contributed by atoms with Crippen LogP contribution in [-0.4, -0.2) is 21.8 Å². The Balaban J connectivity index is 1.50. The summed E-state index contributed by atoms with van der Waals surface area (Å²) < 4.78 is 5.44. The molecular weight excluding hydrogens is 520 g/mol. The molecule has 42 heavy (non-hydrogen) atoms. The van der Waals surface area contributed by atoms with Crippen LogP contribution < -0.4 is 11.1 Å². The molecule has 0 saturated carbocycles. The molecule has 0 unspecified atom stereocenters. The van der Waals surface area contributed by atoms with E-state index in [2.05, 4.69) is 112 Å². The van der Waals surface area contributed by atoms with Crippen molar-refractivity contribution in [3.8, 4) is 11.1 Å². The lowest BCUT2D eigenvalue weighted by molar-refractivity contribution is 0.413. The minimum Gasteiger partial charge on any atom is -0.383 e. The summed E-state index contributed by atoms with van der Waals surface area (Å²) in [5.74, 6) is 1.61. The van der Waals surface area contributed by atoms with E-state index in [1.54, 1.807) is 12.5 Å². The van der Waals surface area contributed by atoms with E-state index in [9.17, 15) is 0 Å². The number of nitrogen functional groups attached to an aromatic ring is 1. The number of pyridine rings is 2.